The summed E-state index contributed by atoms with van der Waals surface area (Å²) >= 11 is 0. The molecule has 0 fully saturated rings. The van der Waals surface area contributed by atoms with E-state index in [1.165, 1.54) is 12.1 Å². The smallest absolute Gasteiger partial charge is 0.259 e. The predicted molar refractivity (Wildman–Crippen MR) is 69.6 cm³/mol. The number of benzene rings is 1. The molecule has 0 saturated heterocycles. The maximum atomic E-state index is 12.8. The molecule has 1 aromatic heterocycles. The monoisotopic (exact) mass is 261 g/mol. The summed E-state index contributed by atoms with van der Waals surface area (Å²) in [5, 5.41) is 10.1. The van der Waals surface area contributed by atoms with Crippen molar-refractivity contribution in [1.82, 2.24) is 15.2 Å². The van der Waals surface area contributed by atoms with Crippen LogP contribution in [0.1, 0.15) is 18.2 Å². The molecular formula is C12H12FN5O. The second-order valence-electron chi connectivity index (χ2n) is 3.89. The SMILES string of the molecule is CC(=NNc1nc(=O)[nH]nc1C)c1ccc(F)cc1. The Morgan fingerprint density at radius 1 is 1.37 bits per heavy atom. The minimum Gasteiger partial charge on any atom is -0.259 e. The van der Waals surface area contributed by atoms with E-state index < -0.39 is 5.69 Å². The highest BCUT2D eigenvalue weighted by Crippen LogP contribution is 2.07. The topological polar surface area (TPSA) is 83.0 Å². The second kappa shape index (κ2) is 5.38. The zero-order chi connectivity index (χ0) is 13.8. The summed E-state index contributed by atoms with van der Waals surface area (Å²) < 4.78 is 12.8. The molecule has 98 valence electrons. The fourth-order valence-corrected chi connectivity index (χ4v) is 1.39. The third kappa shape index (κ3) is 3.21. The van der Waals surface area contributed by atoms with E-state index in [0.717, 1.165) is 5.56 Å². The summed E-state index contributed by atoms with van der Waals surface area (Å²) in [5.41, 5.74) is 4.05. The van der Waals surface area contributed by atoms with Gasteiger partial charge in [0.1, 0.15) is 11.5 Å². The third-order valence-corrected chi connectivity index (χ3v) is 2.47. The molecule has 7 heteroatoms. The molecule has 1 heterocycles. The molecule has 0 aliphatic carbocycles. The maximum Gasteiger partial charge on any atom is 0.363 e. The van der Waals surface area contributed by atoms with Crippen molar-refractivity contribution in [3.63, 3.8) is 0 Å². The van der Waals surface area contributed by atoms with Crippen molar-refractivity contribution >= 4 is 11.5 Å². The van der Waals surface area contributed by atoms with Gasteiger partial charge in [-0.25, -0.2) is 14.3 Å². The molecule has 0 amide bonds. The maximum absolute atomic E-state index is 12.8. The first-order chi connectivity index (χ1) is 9.06. The Kier molecular flexibility index (Phi) is 3.65. The van der Waals surface area contributed by atoms with E-state index in [1.54, 1.807) is 26.0 Å². The molecule has 2 N–H and O–H groups in total. The number of nitrogens with one attached hydrogen (secondary N) is 2. The van der Waals surface area contributed by atoms with Crippen molar-refractivity contribution in [2.24, 2.45) is 5.10 Å². The number of aromatic nitrogens is 3. The molecule has 1 aromatic carbocycles. The van der Waals surface area contributed by atoms with Crippen LogP contribution in [0.25, 0.3) is 0 Å². The highest BCUT2D eigenvalue weighted by atomic mass is 19.1. The van der Waals surface area contributed by atoms with Crippen molar-refractivity contribution < 1.29 is 4.39 Å². The predicted octanol–water partition coefficient (Wildman–Crippen LogP) is 1.45. The highest BCUT2D eigenvalue weighted by Gasteiger charge is 2.02. The summed E-state index contributed by atoms with van der Waals surface area (Å²) in [6.45, 7) is 3.45. The molecule has 0 aliphatic rings. The van der Waals surface area contributed by atoms with E-state index in [9.17, 15) is 9.18 Å². The summed E-state index contributed by atoms with van der Waals surface area (Å²) in [4.78, 5) is 14.7. The van der Waals surface area contributed by atoms with Gasteiger partial charge in [0.25, 0.3) is 0 Å². The van der Waals surface area contributed by atoms with Crippen LogP contribution < -0.4 is 11.1 Å². The van der Waals surface area contributed by atoms with Crippen LogP contribution in [0.3, 0.4) is 0 Å². The second-order valence-corrected chi connectivity index (χ2v) is 3.89. The van der Waals surface area contributed by atoms with Gasteiger partial charge in [-0.1, -0.05) is 12.1 Å². The number of rotatable bonds is 3. The van der Waals surface area contributed by atoms with E-state index in [1.807, 2.05) is 0 Å². The number of hydrogen-bond donors (Lipinski definition) is 2. The average molecular weight is 261 g/mol. The zero-order valence-corrected chi connectivity index (χ0v) is 10.4. The van der Waals surface area contributed by atoms with Crippen molar-refractivity contribution in [2.75, 3.05) is 5.43 Å². The molecule has 2 rings (SSSR count). The third-order valence-electron chi connectivity index (χ3n) is 2.47. The number of hydrazone groups is 1. The highest BCUT2D eigenvalue weighted by molar-refractivity contribution is 5.98. The zero-order valence-electron chi connectivity index (χ0n) is 10.4. The first-order valence-electron chi connectivity index (χ1n) is 5.56. The Morgan fingerprint density at radius 3 is 2.74 bits per heavy atom. The Hall–Kier alpha value is -2.57. The molecule has 0 aliphatic heterocycles. The number of aryl methyl sites for hydroxylation is 1. The molecule has 0 spiro atoms. The molecule has 6 nitrogen and oxygen atoms in total. The van der Waals surface area contributed by atoms with Gasteiger partial charge in [-0.2, -0.15) is 15.2 Å². The summed E-state index contributed by atoms with van der Waals surface area (Å²) in [5.74, 6) is -0.0222. The molecule has 0 atom stereocenters. The van der Waals surface area contributed by atoms with Crippen LogP contribution in [0.5, 0.6) is 0 Å². The Bertz CT molecular complexity index is 663. The standard InChI is InChI=1S/C12H12FN5O/c1-7(9-3-5-10(13)6-4-9)15-17-11-8(2)16-18-12(19)14-11/h3-6H,1-2H3,(H2,14,17,18,19). The number of H-pyrrole nitrogens is 1. The van der Waals surface area contributed by atoms with Crippen LogP contribution in [0, 0.1) is 12.7 Å². The molecule has 0 radical (unpaired) electrons. The summed E-state index contributed by atoms with van der Waals surface area (Å²) in [7, 11) is 0. The van der Waals surface area contributed by atoms with Crippen LogP contribution in [-0.2, 0) is 0 Å². The van der Waals surface area contributed by atoms with E-state index in [0.29, 0.717) is 11.4 Å². The minimum atomic E-state index is -0.553. The fraction of sp³-hybridized carbons (Fsp3) is 0.167. The first kappa shape index (κ1) is 12.9. The fourth-order valence-electron chi connectivity index (χ4n) is 1.39. The number of aromatic amines is 1. The Labute approximate surface area is 108 Å². The molecule has 0 unspecified atom stereocenters. The van der Waals surface area contributed by atoms with Crippen molar-refractivity contribution in [1.29, 1.82) is 0 Å². The lowest BCUT2D eigenvalue weighted by molar-refractivity contribution is 0.628. The molecule has 19 heavy (non-hydrogen) atoms. The van der Waals surface area contributed by atoms with Crippen LogP contribution in [0.4, 0.5) is 10.2 Å². The van der Waals surface area contributed by atoms with Gasteiger partial charge < -0.3 is 0 Å². The number of hydrogen-bond acceptors (Lipinski definition) is 5. The van der Waals surface area contributed by atoms with E-state index in [-0.39, 0.29) is 11.6 Å². The lowest BCUT2D eigenvalue weighted by atomic mass is 10.1. The Morgan fingerprint density at radius 2 is 2.05 bits per heavy atom. The summed E-state index contributed by atoms with van der Waals surface area (Å²) in [6.07, 6.45) is 0. The largest absolute Gasteiger partial charge is 0.363 e. The molecular weight excluding hydrogens is 249 g/mol. The van der Waals surface area contributed by atoms with Crippen LogP contribution >= 0.6 is 0 Å². The minimum absolute atomic E-state index is 0.283. The van der Waals surface area contributed by atoms with Crippen molar-refractivity contribution in [3.05, 3.63) is 51.8 Å². The van der Waals surface area contributed by atoms with Gasteiger partial charge in [-0.15, -0.1) is 0 Å². The van der Waals surface area contributed by atoms with Crippen molar-refractivity contribution in [3.8, 4) is 0 Å². The molecule has 0 bridgehead atoms. The normalized spacial score (nSPS) is 11.4. The quantitative estimate of drug-likeness (QED) is 0.647. The van der Waals surface area contributed by atoms with Crippen molar-refractivity contribution in [2.45, 2.75) is 13.8 Å². The van der Waals surface area contributed by atoms with Crippen LogP contribution in [0.15, 0.2) is 34.2 Å². The van der Waals surface area contributed by atoms with E-state index >= 15 is 0 Å². The average Bonchev–Trinajstić information content (AvgIpc) is 2.40. The summed E-state index contributed by atoms with van der Waals surface area (Å²) in [6, 6.07) is 5.94. The number of halogens is 1. The first-order valence-corrected chi connectivity index (χ1v) is 5.56. The van der Waals surface area contributed by atoms with Gasteiger partial charge in [0.15, 0.2) is 5.82 Å². The van der Waals surface area contributed by atoms with Gasteiger partial charge >= 0.3 is 5.69 Å². The van der Waals surface area contributed by atoms with E-state index in [4.69, 9.17) is 0 Å². The van der Waals surface area contributed by atoms with Crippen LogP contribution in [-0.4, -0.2) is 20.9 Å². The number of nitrogens with zero attached hydrogens (tertiary/aromatic N) is 3. The lowest BCUT2D eigenvalue weighted by Gasteiger charge is -2.04. The van der Waals surface area contributed by atoms with Gasteiger partial charge in [-0.3, -0.25) is 5.43 Å². The Balaban J connectivity index is 2.20. The molecule has 0 saturated carbocycles. The van der Waals surface area contributed by atoms with Gasteiger partial charge in [-0.05, 0) is 31.5 Å². The van der Waals surface area contributed by atoms with Crippen LogP contribution in [0.2, 0.25) is 0 Å². The number of anilines is 1. The van der Waals surface area contributed by atoms with Gasteiger partial charge in [0, 0.05) is 0 Å². The van der Waals surface area contributed by atoms with Gasteiger partial charge in [0.2, 0.25) is 0 Å². The van der Waals surface area contributed by atoms with Gasteiger partial charge in [0.05, 0.1) is 5.71 Å². The molecule has 2 aromatic rings. The lowest BCUT2D eigenvalue weighted by Crippen LogP contribution is -2.16. The van der Waals surface area contributed by atoms with E-state index in [2.05, 4.69) is 25.7 Å².